The van der Waals surface area contributed by atoms with Crippen molar-refractivity contribution in [3.63, 3.8) is 0 Å². The van der Waals surface area contributed by atoms with Crippen molar-refractivity contribution >= 4 is 22.7 Å². The number of methoxy groups -OCH3 is 1. The molecule has 0 saturated heterocycles. The van der Waals surface area contributed by atoms with Gasteiger partial charge in [-0.25, -0.2) is 4.79 Å². The first-order valence-electron chi connectivity index (χ1n) is 12.4. The largest absolute Gasteiger partial charge is 0.486 e. The number of fused-ring (bicyclic) bond motifs is 1. The van der Waals surface area contributed by atoms with Crippen LogP contribution < -0.4 is 4.74 Å². The van der Waals surface area contributed by atoms with Crippen molar-refractivity contribution in [1.82, 2.24) is 0 Å². The Balaban J connectivity index is 2.05. The summed E-state index contributed by atoms with van der Waals surface area (Å²) < 4.78 is 17.2. The fraction of sp³-hybridized carbons (Fsp3) is 0.467. The second-order valence-electron chi connectivity index (χ2n) is 10.5. The minimum atomic E-state index is -0.438. The fourth-order valence-corrected chi connectivity index (χ4v) is 4.46. The Labute approximate surface area is 208 Å². The van der Waals surface area contributed by atoms with Crippen LogP contribution >= 0.6 is 0 Å². The van der Waals surface area contributed by atoms with Gasteiger partial charge in [0.2, 0.25) is 0 Å². The fourth-order valence-electron chi connectivity index (χ4n) is 4.46. The van der Waals surface area contributed by atoms with Gasteiger partial charge in [-0.15, -0.1) is 0 Å². The minimum absolute atomic E-state index is 0.0569. The van der Waals surface area contributed by atoms with Crippen molar-refractivity contribution in [3.8, 4) is 5.75 Å². The summed E-state index contributed by atoms with van der Waals surface area (Å²) in [5, 5.41) is 0.874. The molecule has 1 heterocycles. The van der Waals surface area contributed by atoms with Gasteiger partial charge in [-0.1, -0.05) is 60.6 Å². The number of rotatable bonds is 9. The summed E-state index contributed by atoms with van der Waals surface area (Å²) in [7, 11) is 1.38. The first-order chi connectivity index (χ1) is 16.5. The van der Waals surface area contributed by atoms with E-state index in [0.717, 1.165) is 46.4 Å². The molecule has 188 valence electrons. The second kappa shape index (κ2) is 10.3. The van der Waals surface area contributed by atoms with Crippen LogP contribution in [-0.4, -0.2) is 25.5 Å². The number of Topliss-reactive ketones (excluding diaryl/α,β-unsaturated/α-hetero) is 1. The van der Waals surface area contributed by atoms with E-state index < -0.39 is 5.41 Å². The van der Waals surface area contributed by atoms with Gasteiger partial charge in [-0.3, -0.25) is 4.79 Å². The molecule has 0 aliphatic carbocycles. The molecule has 0 spiro atoms. The van der Waals surface area contributed by atoms with Crippen LogP contribution in [0.15, 0.2) is 46.9 Å². The molecule has 35 heavy (non-hydrogen) atoms. The Kier molecular flexibility index (Phi) is 7.78. The first-order valence-corrected chi connectivity index (χ1v) is 12.4. The molecule has 0 saturated carbocycles. The minimum Gasteiger partial charge on any atom is -0.486 e. The summed E-state index contributed by atoms with van der Waals surface area (Å²) in [5.74, 6) is 1.54. The summed E-state index contributed by atoms with van der Waals surface area (Å²) in [6, 6.07) is 13.7. The third-order valence-corrected chi connectivity index (χ3v) is 7.00. The molecule has 0 fully saturated rings. The normalized spacial score (nSPS) is 12.3. The van der Waals surface area contributed by atoms with Crippen LogP contribution in [0.2, 0.25) is 0 Å². The zero-order valence-corrected chi connectivity index (χ0v) is 22.3. The third-order valence-electron chi connectivity index (χ3n) is 7.00. The summed E-state index contributed by atoms with van der Waals surface area (Å²) in [6.07, 6.45) is 1.68. The molecule has 0 aliphatic rings. The van der Waals surface area contributed by atoms with Gasteiger partial charge in [0.25, 0.3) is 0 Å². The Morgan fingerprint density at radius 3 is 2.23 bits per heavy atom. The quantitative estimate of drug-likeness (QED) is 0.299. The van der Waals surface area contributed by atoms with E-state index in [1.165, 1.54) is 7.11 Å². The number of furan rings is 1. The molecule has 0 amide bonds. The second-order valence-corrected chi connectivity index (χ2v) is 10.5. The van der Waals surface area contributed by atoms with E-state index in [2.05, 4.69) is 39.8 Å². The Hall–Kier alpha value is -3.08. The lowest BCUT2D eigenvalue weighted by Gasteiger charge is -2.31. The van der Waals surface area contributed by atoms with Crippen LogP contribution in [0.3, 0.4) is 0 Å². The predicted octanol–water partition coefficient (Wildman–Crippen LogP) is 7.44. The maximum absolute atomic E-state index is 12.4. The maximum atomic E-state index is 12.4. The van der Waals surface area contributed by atoms with E-state index in [-0.39, 0.29) is 29.7 Å². The molecule has 0 atom stereocenters. The Bertz CT molecular complexity index is 1210. The number of esters is 1. The number of hydrogen-bond acceptors (Lipinski definition) is 5. The standard InChI is InChI=1S/C30H38O5/c1-9-30(10-2,27-16-21-15-20(28(32)33-8)11-13-24(21)35-27)22-12-14-25(23(17-22)19(3)4)34-18-26(31)29(5,6)7/h11-17,19H,9-10,18H2,1-8H3. The highest BCUT2D eigenvalue weighted by molar-refractivity contribution is 5.94. The number of benzene rings is 2. The molecule has 0 unspecified atom stereocenters. The monoisotopic (exact) mass is 478 g/mol. The first kappa shape index (κ1) is 26.5. The molecule has 5 heteroatoms. The topological polar surface area (TPSA) is 65.7 Å². The average molecular weight is 479 g/mol. The number of ether oxygens (including phenoxy) is 2. The highest BCUT2D eigenvalue weighted by Crippen LogP contribution is 2.43. The van der Waals surface area contributed by atoms with Gasteiger partial charge < -0.3 is 13.9 Å². The number of hydrogen-bond donors (Lipinski definition) is 0. The van der Waals surface area contributed by atoms with E-state index >= 15 is 0 Å². The highest BCUT2D eigenvalue weighted by atomic mass is 16.5. The molecule has 5 nitrogen and oxygen atoms in total. The van der Waals surface area contributed by atoms with E-state index in [1.807, 2.05) is 45.0 Å². The summed E-state index contributed by atoms with van der Waals surface area (Å²) >= 11 is 0. The molecule has 3 aromatic rings. The van der Waals surface area contributed by atoms with Gasteiger partial charge in [0.15, 0.2) is 5.78 Å². The molecule has 0 radical (unpaired) electrons. The molecule has 2 aromatic carbocycles. The molecule has 0 aliphatic heterocycles. The lowest BCUT2D eigenvalue weighted by molar-refractivity contribution is -0.128. The van der Waals surface area contributed by atoms with Crippen LogP contribution in [0.25, 0.3) is 11.0 Å². The van der Waals surface area contributed by atoms with Gasteiger partial charge in [-0.05, 0) is 60.2 Å². The van der Waals surface area contributed by atoms with Crippen molar-refractivity contribution in [1.29, 1.82) is 0 Å². The molecule has 0 bridgehead atoms. The number of carbonyl (C=O) groups is 2. The molecule has 0 N–H and O–H groups in total. The van der Waals surface area contributed by atoms with Crippen molar-refractivity contribution < 1.29 is 23.5 Å². The Morgan fingerprint density at radius 2 is 1.66 bits per heavy atom. The number of ketones is 1. The molecule has 1 aromatic heterocycles. The van der Waals surface area contributed by atoms with Gasteiger partial charge >= 0.3 is 5.97 Å². The van der Waals surface area contributed by atoms with Gasteiger partial charge in [-0.2, -0.15) is 0 Å². The van der Waals surface area contributed by atoms with Crippen LogP contribution in [0.5, 0.6) is 5.75 Å². The third kappa shape index (κ3) is 5.29. The van der Waals surface area contributed by atoms with Crippen molar-refractivity contribution in [2.75, 3.05) is 13.7 Å². The smallest absolute Gasteiger partial charge is 0.337 e. The number of carbonyl (C=O) groups excluding carboxylic acids is 2. The highest BCUT2D eigenvalue weighted by Gasteiger charge is 2.35. The summed E-state index contributed by atoms with van der Waals surface area (Å²) in [6.45, 7) is 14.4. The van der Waals surface area contributed by atoms with Crippen LogP contribution in [0.1, 0.15) is 94.5 Å². The summed E-state index contributed by atoms with van der Waals surface area (Å²) in [4.78, 5) is 24.4. The van der Waals surface area contributed by atoms with Gasteiger partial charge in [0, 0.05) is 10.8 Å². The lowest BCUT2D eigenvalue weighted by atomic mass is 9.73. The summed E-state index contributed by atoms with van der Waals surface area (Å²) in [5.41, 5.74) is 2.68. The Morgan fingerprint density at radius 1 is 0.971 bits per heavy atom. The molecular formula is C30H38O5. The molecular weight excluding hydrogens is 440 g/mol. The van der Waals surface area contributed by atoms with Crippen LogP contribution in [0.4, 0.5) is 0 Å². The SMILES string of the molecule is CCC(CC)(c1ccc(OCC(=O)C(C)(C)C)c(C(C)C)c1)c1cc2cc(C(=O)OC)ccc2o1. The van der Waals surface area contributed by atoms with E-state index in [4.69, 9.17) is 13.9 Å². The van der Waals surface area contributed by atoms with Crippen molar-refractivity contribution in [2.24, 2.45) is 5.41 Å². The van der Waals surface area contributed by atoms with E-state index in [9.17, 15) is 9.59 Å². The van der Waals surface area contributed by atoms with Gasteiger partial charge in [0.05, 0.1) is 18.1 Å². The van der Waals surface area contributed by atoms with E-state index in [0.29, 0.717) is 5.56 Å². The van der Waals surface area contributed by atoms with Crippen LogP contribution in [-0.2, 0) is 14.9 Å². The van der Waals surface area contributed by atoms with Crippen LogP contribution in [0, 0.1) is 5.41 Å². The van der Waals surface area contributed by atoms with Crippen molar-refractivity contribution in [2.45, 2.75) is 72.6 Å². The zero-order valence-electron chi connectivity index (χ0n) is 22.3. The lowest BCUT2D eigenvalue weighted by Crippen LogP contribution is -2.27. The zero-order chi connectivity index (χ0) is 26.0. The van der Waals surface area contributed by atoms with E-state index in [1.54, 1.807) is 6.07 Å². The molecule has 3 rings (SSSR count). The average Bonchev–Trinajstić information content (AvgIpc) is 3.26. The van der Waals surface area contributed by atoms with Crippen molar-refractivity contribution in [3.05, 3.63) is 64.9 Å². The van der Waals surface area contributed by atoms with Gasteiger partial charge in [0.1, 0.15) is 23.7 Å². The predicted molar refractivity (Wildman–Crippen MR) is 139 cm³/mol. The maximum Gasteiger partial charge on any atom is 0.337 e.